The summed E-state index contributed by atoms with van der Waals surface area (Å²) in [7, 11) is 0. The number of hydrogen-bond donors (Lipinski definition) is 1. The average Bonchev–Trinajstić information content (AvgIpc) is 3.17. The number of aryl methyl sites for hydroxylation is 2. The van der Waals surface area contributed by atoms with Crippen molar-refractivity contribution in [2.75, 3.05) is 11.9 Å². The van der Waals surface area contributed by atoms with E-state index in [4.69, 9.17) is 4.42 Å². The zero-order chi connectivity index (χ0) is 18.1. The van der Waals surface area contributed by atoms with E-state index in [9.17, 15) is 4.79 Å². The van der Waals surface area contributed by atoms with Crippen LogP contribution in [0.15, 0.2) is 40.8 Å². The number of furan rings is 1. The van der Waals surface area contributed by atoms with E-state index >= 15 is 0 Å². The van der Waals surface area contributed by atoms with Gasteiger partial charge >= 0.3 is 0 Å². The Hall–Kier alpha value is -2.44. The molecule has 6 heteroatoms. The Morgan fingerprint density at radius 2 is 2.12 bits per heavy atom. The third-order valence-corrected chi connectivity index (χ3v) is 5.56. The number of nitrogens with one attached hydrogen (secondary N) is 1. The van der Waals surface area contributed by atoms with Crippen LogP contribution in [0.1, 0.15) is 38.0 Å². The molecule has 0 bridgehead atoms. The Morgan fingerprint density at radius 1 is 1.31 bits per heavy atom. The number of thiazole rings is 1. The van der Waals surface area contributed by atoms with Gasteiger partial charge in [0.15, 0.2) is 5.13 Å². The number of nitrogens with zero attached hydrogens (tertiary/aromatic N) is 2. The van der Waals surface area contributed by atoms with Crippen molar-refractivity contribution in [1.82, 2.24) is 9.88 Å². The smallest absolute Gasteiger partial charge is 0.260 e. The highest BCUT2D eigenvalue weighted by molar-refractivity contribution is 7.15. The van der Waals surface area contributed by atoms with Gasteiger partial charge in [-0.2, -0.15) is 0 Å². The maximum Gasteiger partial charge on any atom is 0.260 e. The molecular weight excluding hydrogens is 346 g/mol. The van der Waals surface area contributed by atoms with Crippen molar-refractivity contribution in [3.8, 4) is 0 Å². The highest BCUT2D eigenvalue weighted by Gasteiger charge is 2.22. The standard InChI is InChI=1S/C20H21N3O2S/c1-13-10-16(14(2)25-13)19(24)22-20-21-17-8-9-23(12-18(17)26-20)11-15-6-4-3-5-7-15/h3-7,10H,8-9,11-12H2,1-2H3,(H,21,22,24). The highest BCUT2D eigenvalue weighted by Crippen LogP contribution is 2.29. The van der Waals surface area contributed by atoms with Crippen molar-refractivity contribution in [1.29, 1.82) is 0 Å². The predicted octanol–water partition coefficient (Wildman–Crippen LogP) is 4.16. The number of carbonyl (C=O) groups excluding carboxylic acids is 1. The van der Waals surface area contributed by atoms with Gasteiger partial charge in [0.2, 0.25) is 0 Å². The molecule has 0 spiro atoms. The van der Waals surface area contributed by atoms with Gasteiger partial charge in [-0.3, -0.25) is 15.0 Å². The van der Waals surface area contributed by atoms with Crippen molar-refractivity contribution < 1.29 is 9.21 Å². The second-order valence-electron chi connectivity index (χ2n) is 6.62. The molecule has 0 saturated carbocycles. The van der Waals surface area contributed by atoms with E-state index < -0.39 is 0 Å². The molecule has 134 valence electrons. The van der Waals surface area contributed by atoms with Gasteiger partial charge in [0.1, 0.15) is 11.5 Å². The van der Waals surface area contributed by atoms with Crippen molar-refractivity contribution in [3.05, 3.63) is 69.6 Å². The number of carbonyl (C=O) groups is 1. The van der Waals surface area contributed by atoms with E-state index in [1.54, 1.807) is 24.3 Å². The minimum Gasteiger partial charge on any atom is -0.466 e. The number of anilines is 1. The molecule has 0 radical (unpaired) electrons. The fourth-order valence-corrected chi connectivity index (χ4v) is 4.34. The summed E-state index contributed by atoms with van der Waals surface area (Å²) in [6, 6.07) is 12.3. The molecule has 1 amide bonds. The molecule has 0 unspecified atom stereocenters. The Morgan fingerprint density at radius 3 is 2.85 bits per heavy atom. The van der Waals surface area contributed by atoms with E-state index in [1.807, 2.05) is 13.0 Å². The molecular formula is C20H21N3O2S. The minimum absolute atomic E-state index is 0.161. The molecule has 1 aliphatic heterocycles. The Bertz CT molecular complexity index is 930. The summed E-state index contributed by atoms with van der Waals surface area (Å²) in [5, 5.41) is 3.59. The summed E-state index contributed by atoms with van der Waals surface area (Å²) in [6.45, 7) is 6.44. The number of amides is 1. The van der Waals surface area contributed by atoms with E-state index in [-0.39, 0.29) is 5.91 Å². The van der Waals surface area contributed by atoms with Crippen LogP contribution in [0, 0.1) is 13.8 Å². The quantitative estimate of drug-likeness (QED) is 0.752. The first-order valence-corrected chi connectivity index (χ1v) is 9.53. The maximum absolute atomic E-state index is 12.5. The Labute approximate surface area is 156 Å². The van der Waals surface area contributed by atoms with Gasteiger partial charge in [-0.15, -0.1) is 11.3 Å². The van der Waals surface area contributed by atoms with Crippen LogP contribution in [0.25, 0.3) is 0 Å². The molecule has 4 rings (SSSR count). The summed E-state index contributed by atoms with van der Waals surface area (Å²) < 4.78 is 5.44. The lowest BCUT2D eigenvalue weighted by Gasteiger charge is -2.25. The number of hydrogen-bond acceptors (Lipinski definition) is 5. The van der Waals surface area contributed by atoms with Gasteiger partial charge < -0.3 is 4.42 Å². The molecule has 3 heterocycles. The number of benzene rings is 1. The first-order chi connectivity index (χ1) is 12.6. The van der Waals surface area contributed by atoms with Crippen LogP contribution in [0.5, 0.6) is 0 Å². The third-order valence-electron chi connectivity index (χ3n) is 4.57. The first kappa shape index (κ1) is 17.0. The van der Waals surface area contributed by atoms with Crippen LogP contribution in [0.2, 0.25) is 0 Å². The second kappa shape index (κ2) is 7.05. The molecule has 5 nitrogen and oxygen atoms in total. The van der Waals surface area contributed by atoms with Gasteiger partial charge in [0, 0.05) is 30.9 Å². The summed E-state index contributed by atoms with van der Waals surface area (Å²) in [4.78, 5) is 20.7. The molecule has 26 heavy (non-hydrogen) atoms. The molecule has 1 N–H and O–H groups in total. The monoisotopic (exact) mass is 367 g/mol. The largest absolute Gasteiger partial charge is 0.466 e. The van der Waals surface area contributed by atoms with Crippen LogP contribution in [-0.2, 0) is 19.5 Å². The van der Waals surface area contributed by atoms with Crippen LogP contribution in [0.3, 0.4) is 0 Å². The van der Waals surface area contributed by atoms with E-state index in [0.29, 0.717) is 16.5 Å². The van der Waals surface area contributed by atoms with Gasteiger partial charge in [-0.25, -0.2) is 4.98 Å². The topological polar surface area (TPSA) is 58.4 Å². The molecule has 1 aromatic carbocycles. The number of aromatic nitrogens is 1. The summed E-state index contributed by atoms with van der Waals surface area (Å²) in [5.41, 5.74) is 3.00. The van der Waals surface area contributed by atoms with E-state index in [2.05, 4.69) is 39.5 Å². The Kier molecular flexibility index (Phi) is 4.61. The van der Waals surface area contributed by atoms with Gasteiger partial charge in [0.05, 0.1) is 11.3 Å². The summed E-state index contributed by atoms with van der Waals surface area (Å²) >= 11 is 1.57. The third kappa shape index (κ3) is 3.57. The van der Waals surface area contributed by atoms with E-state index in [1.165, 1.54) is 10.4 Å². The van der Waals surface area contributed by atoms with Crippen LogP contribution < -0.4 is 5.32 Å². The van der Waals surface area contributed by atoms with Crippen molar-refractivity contribution in [3.63, 3.8) is 0 Å². The normalized spacial score (nSPS) is 14.2. The number of fused-ring (bicyclic) bond motifs is 1. The van der Waals surface area contributed by atoms with Gasteiger partial charge in [-0.1, -0.05) is 30.3 Å². The lowest BCUT2D eigenvalue weighted by atomic mass is 10.1. The second-order valence-corrected chi connectivity index (χ2v) is 7.70. The molecule has 0 saturated heterocycles. The van der Waals surface area contributed by atoms with Crippen molar-refractivity contribution in [2.45, 2.75) is 33.4 Å². The van der Waals surface area contributed by atoms with Crippen molar-refractivity contribution >= 4 is 22.4 Å². The molecule has 2 aromatic heterocycles. The molecule has 0 atom stereocenters. The van der Waals surface area contributed by atoms with Crippen LogP contribution >= 0.6 is 11.3 Å². The van der Waals surface area contributed by atoms with Crippen LogP contribution in [-0.4, -0.2) is 22.3 Å². The fraction of sp³-hybridized carbons (Fsp3) is 0.300. The molecule has 0 aliphatic carbocycles. The summed E-state index contributed by atoms with van der Waals surface area (Å²) in [6.07, 6.45) is 0.915. The van der Waals surface area contributed by atoms with E-state index in [0.717, 1.165) is 37.5 Å². The van der Waals surface area contributed by atoms with Crippen LogP contribution in [0.4, 0.5) is 5.13 Å². The molecule has 1 aliphatic rings. The lowest BCUT2D eigenvalue weighted by molar-refractivity contribution is 0.102. The fourth-order valence-electron chi connectivity index (χ4n) is 3.30. The highest BCUT2D eigenvalue weighted by atomic mass is 32.1. The predicted molar refractivity (Wildman–Crippen MR) is 103 cm³/mol. The zero-order valence-corrected chi connectivity index (χ0v) is 15.7. The molecule has 3 aromatic rings. The Balaban J connectivity index is 1.44. The average molecular weight is 367 g/mol. The summed E-state index contributed by atoms with van der Waals surface area (Å²) in [5.74, 6) is 1.21. The van der Waals surface area contributed by atoms with Gasteiger partial charge in [0.25, 0.3) is 5.91 Å². The molecule has 0 fully saturated rings. The maximum atomic E-state index is 12.5. The first-order valence-electron chi connectivity index (χ1n) is 8.72. The van der Waals surface area contributed by atoms with Gasteiger partial charge in [-0.05, 0) is 25.5 Å². The number of rotatable bonds is 4. The lowest BCUT2D eigenvalue weighted by Crippen LogP contribution is -2.29. The SMILES string of the molecule is Cc1cc(C(=O)Nc2nc3c(s2)CN(Cc2ccccc2)CC3)c(C)o1. The van der Waals surface area contributed by atoms with Crippen molar-refractivity contribution in [2.24, 2.45) is 0 Å². The zero-order valence-electron chi connectivity index (χ0n) is 14.9. The minimum atomic E-state index is -0.161.